The fraction of sp³-hybridized carbons (Fsp3) is 0.188. The Hall–Kier alpha value is -2.39. The molecule has 5 nitrogen and oxygen atoms in total. The molecule has 0 atom stereocenters. The maximum absolute atomic E-state index is 12.7. The first-order valence-corrected chi connectivity index (χ1v) is 8.59. The van der Waals surface area contributed by atoms with Gasteiger partial charge in [0.1, 0.15) is 10.7 Å². The Kier molecular flexibility index (Phi) is 5.28. The second kappa shape index (κ2) is 7.46. The predicted molar refractivity (Wildman–Crippen MR) is 90.1 cm³/mol. The van der Waals surface area contributed by atoms with Crippen LogP contribution in [0.4, 0.5) is 13.2 Å². The molecule has 0 aliphatic carbocycles. The molecule has 0 saturated heterocycles. The highest BCUT2D eigenvalue weighted by Gasteiger charge is 2.35. The molecule has 1 aromatic carbocycles. The van der Waals surface area contributed by atoms with Gasteiger partial charge >= 0.3 is 12.1 Å². The summed E-state index contributed by atoms with van der Waals surface area (Å²) in [5.41, 5.74) is -0.247. The van der Waals surface area contributed by atoms with E-state index in [1.165, 1.54) is 16.7 Å². The lowest BCUT2D eigenvalue weighted by Gasteiger charge is -2.07. The number of benzene rings is 1. The largest absolute Gasteiger partial charge is 0.461 e. The van der Waals surface area contributed by atoms with Crippen molar-refractivity contribution < 1.29 is 22.7 Å². The lowest BCUT2D eigenvalue weighted by Crippen LogP contribution is -2.12. The SMILES string of the molecule is O=C(OCCc1cn[nH]c1C(F)(F)F)c1csc(-c2ccccc2Cl)n1. The zero-order chi connectivity index (χ0) is 18.7. The molecule has 0 unspecified atom stereocenters. The molecule has 1 N–H and O–H groups in total. The van der Waals surface area contributed by atoms with Gasteiger partial charge in [-0.05, 0) is 6.07 Å². The van der Waals surface area contributed by atoms with Crippen LogP contribution >= 0.6 is 22.9 Å². The first kappa shape index (κ1) is 18.4. The number of aromatic amines is 1. The van der Waals surface area contributed by atoms with Crippen LogP contribution in [0.1, 0.15) is 21.7 Å². The standard InChI is InChI=1S/C16H11ClF3N3O2S/c17-11-4-2-1-3-10(11)14-22-12(8-26-14)15(24)25-6-5-9-7-21-23-13(9)16(18,19)20/h1-4,7-8H,5-6H2,(H,21,23). The number of alkyl halides is 3. The van der Waals surface area contributed by atoms with Gasteiger partial charge < -0.3 is 4.74 Å². The number of rotatable bonds is 5. The van der Waals surface area contributed by atoms with Crippen LogP contribution in [0.25, 0.3) is 10.6 Å². The van der Waals surface area contributed by atoms with Crippen LogP contribution in [-0.4, -0.2) is 27.8 Å². The van der Waals surface area contributed by atoms with Gasteiger partial charge in [-0.2, -0.15) is 18.3 Å². The van der Waals surface area contributed by atoms with Gasteiger partial charge in [0, 0.05) is 22.9 Å². The maximum Gasteiger partial charge on any atom is 0.433 e. The molecule has 0 radical (unpaired) electrons. The van der Waals surface area contributed by atoms with Crippen LogP contribution in [0.2, 0.25) is 5.02 Å². The van der Waals surface area contributed by atoms with E-state index < -0.39 is 17.8 Å². The number of thiazole rings is 1. The quantitative estimate of drug-likeness (QED) is 0.634. The molecular formula is C16H11ClF3N3O2S. The van der Waals surface area contributed by atoms with Crippen LogP contribution < -0.4 is 0 Å². The van der Waals surface area contributed by atoms with Gasteiger partial charge in [0.15, 0.2) is 5.69 Å². The summed E-state index contributed by atoms with van der Waals surface area (Å²) in [7, 11) is 0. The van der Waals surface area contributed by atoms with Gasteiger partial charge in [-0.15, -0.1) is 11.3 Å². The van der Waals surface area contributed by atoms with Crippen molar-refractivity contribution in [3.05, 3.63) is 57.8 Å². The molecule has 0 aliphatic rings. The summed E-state index contributed by atoms with van der Waals surface area (Å²) >= 11 is 7.31. The van der Waals surface area contributed by atoms with Crippen molar-refractivity contribution in [2.45, 2.75) is 12.6 Å². The summed E-state index contributed by atoms with van der Waals surface area (Å²) in [6, 6.07) is 7.05. The average Bonchev–Trinajstić information content (AvgIpc) is 3.24. The highest BCUT2D eigenvalue weighted by atomic mass is 35.5. The van der Waals surface area contributed by atoms with Crippen LogP contribution in [0.3, 0.4) is 0 Å². The number of hydrogen-bond acceptors (Lipinski definition) is 5. The summed E-state index contributed by atoms with van der Waals surface area (Å²) < 4.78 is 43.2. The van der Waals surface area contributed by atoms with Crippen molar-refractivity contribution in [3.8, 4) is 10.6 Å². The smallest absolute Gasteiger partial charge is 0.433 e. The summed E-state index contributed by atoms with van der Waals surface area (Å²) in [6.45, 7) is -0.222. The Morgan fingerprint density at radius 1 is 1.31 bits per heavy atom. The number of aromatic nitrogens is 3. The maximum atomic E-state index is 12.7. The van der Waals surface area contributed by atoms with E-state index in [1.54, 1.807) is 24.3 Å². The summed E-state index contributed by atoms with van der Waals surface area (Å²) in [4.78, 5) is 16.2. The van der Waals surface area contributed by atoms with Gasteiger partial charge in [0.05, 0.1) is 17.8 Å². The van der Waals surface area contributed by atoms with E-state index in [4.69, 9.17) is 16.3 Å². The second-order valence-electron chi connectivity index (χ2n) is 5.17. The molecule has 2 heterocycles. The second-order valence-corrected chi connectivity index (χ2v) is 6.44. The normalized spacial score (nSPS) is 11.5. The Labute approximate surface area is 154 Å². The molecule has 3 aromatic rings. The Morgan fingerprint density at radius 2 is 2.08 bits per heavy atom. The molecule has 0 fully saturated rings. The van der Waals surface area contributed by atoms with Gasteiger partial charge in [-0.1, -0.05) is 29.8 Å². The zero-order valence-electron chi connectivity index (χ0n) is 13.0. The Morgan fingerprint density at radius 3 is 2.81 bits per heavy atom. The van der Waals surface area contributed by atoms with Crippen LogP contribution in [0.5, 0.6) is 0 Å². The van der Waals surface area contributed by atoms with Crippen molar-refractivity contribution in [3.63, 3.8) is 0 Å². The summed E-state index contributed by atoms with van der Waals surface area (Å²) in [5, 5.41) is 7.85. The molecule has 136 valence electrons. The van der Waals surface area contributed by atoms with E-state index in [1.807, 2.05) is 5.10 Å². The lowest BCUT2D eigenvalue weighted by atomic mass is 10.2. The number of carbonyl (C=O) groups is 1. The molecular weight excluding hydrogens is 391 g/mol. The predicted octanol–water partition coefficient (Wildman–Crippen LogP) is 4.60. The molecule has 0 bridgehead atoms. The fourth-order valence-corrected chi connectivity index (χ4v) is 3.31. The minimum absolute atomic E-state index is 0.0691. The van der Waals surface area contributed by atoms with Crippen molar-refractivity contribution in [1.82, 2.24) is 15.2 Å². The number of nitrogens with one attached hydrogen (secondary N) is 1. The number of carbonyl (C=O) groups excluding carboxylic acids is 1. The van der Waals surface area contributed by atoms with Crippen LogP contribution in [0.15, 0.2) is 35.8 Å². The number of halogens is 4. The van der Waals surface area contributed by atoms with E-state index in [0.29, 0.717) is 15.6 Å². The third-order valence-corrected chi connectivity index (χ3v) is 4.63. The van der Waals surface area contributed by atoms with Gasteiger partial charge in [-0.25, -0.2) is 9.78 Å². The van der Waals surface area contributed by atoms with Crippen LogP contribution in [0, 0.1) is 0 Å². The van der Waals surface area contributed by atoms with E-state index in [9.17, 15) is 18.0 Å². The minimum atomic E-state index is -4.53. The number of esters is 1. The lowest BCUT2D eigenvalue weighted by molar-refractivity contribution is -0.141. The molecule has 0 amide bonds. The fourth-order valence-electron chi connectivity index (χ4n) is 2.20. The molecule has 0 aliphatic heterocycles. The van der Waals surface area contributed by atoms with Gasteiger partial charge in [0.25, 0.3) is 0 Å². The van der Waals surface area contributed by atoms with Crippen molar-refractivity contribution in [2.75, 3.05) is 6.61 Å². The van der Waals surface area contributed by atoms with Crippen LogP contribution in [-0.2, 0) is 17.3 Å². The zero-order valence-corrected chi connectivity index (χ0v) is 14.6. The summed E-state index contributed by atoms with van der Waals surface area (Å²) in [6.07, 6.45) is -3.58. The van der Waals surface area contributed by atoms with E-state index >= 15 is 0 Å². The first-order valence-electron chi connectivity index (χ1n) is 7.33. The molecule has 10 heteroatoms. The summed E-state index contributed by atoms with van der Waals surface area (Å²) in [5.74, 6) is -0.711. The number of hydrogen-bond donors (Lipinski definition) is 1. The van der Waals surface area contributed by atoms with E-state index in [2.05, 4.69) is 10.1 Å². The molecule has 0 saturated carbocycles. The highest BCUT2D eigenvalue weighted by molar-refractivity contribution is 7.13. The van der Waals surface area contributed by atoms with Gasteiger partial charge in [0.2, 0.25) is 0 Å². The minimum Gasteiger partial charge on any atom is -0.461 e. The van der Waals surface area contributed by atoms with Gasteiger partial charge in [-0.3, -0.25) is 5.10 Å². The number of H-pyrrole nitrogens is 1. The first-order chi connectivity index (χ1) is 12.4. The van der Waals surface area contributed by atoms with Crippen molar-refractivity contribution >= 4 is 28.9 Å². The Bertz CT molecular complexity index is 923. The number of ether oxygens (including phenoxy) is 1. The molecule has 26 heavy (non-hydrogen) atoms. The molecule has 0 spiro atoms. The monoisotopic (exact) mass is 401 g/mol. The Balaban J connectivity index is 1.62. The number of nitrogens with zero attached hydrogens (tertiary/aromatic N) is 2. The van der Waals surface area contributed by atoms with Crippen molar-refractivity contribution in [1.29, 1.82) is 0 Å². The van der Waals surface area contributed by atoms with Crippen molar-refractivity contribution in [2.24, 2.45) is 0 Å². The average molecular weight is 402 g/mol. The topological polar surface area (TPSA) is 67.9 Å². The molecule has 3 rings (SSSR count). The third kappa shape index (κ3) is 4.05. The third-order valence-electron chi connectivity index (χ3n) is 3.42. The molecule has 2 aromatic heterocycles. The van der Waals surface area contributed by atoms with E-state index in [0.717, 1.165) is 6.20 Å². The van der Waals surface area contributed by atoms with E-state index in [-0.39, 0.29) is 24.3 Å². The highest BCUT2D eigenvalue weighted by Crippen LogP contribution is 2.31.